The van der Waals surface area contributed by atoms with Gasteiger partial charge in [-0.2, -0.15) is 8.75 Å². The van der Waals surface area contributed by atoms with Gasteiger partial charge in [0.15, 0.2) is 0 Å². The predicted octanol–water partition coefficient (Wildman–Crippen LogP) is 5.99. The number of nitrogens with zero attached hydrogens (tertiary/aromatic N) is 2. The van der Waals surface area contributed by atoms with Crippen molar-refractivity contribution in [3.63, 3.8) is 0 Å². The minimum absolute atomic E-state index is 0.925. The first kappa shape index (κ1) is 14.7. The third-order valence-electron chi connectivity index (χ3n) is 5.03. The zero-order chi connectivity index (χ0) is 17.8. The number of fused-ring (bicyclic) bond motifs is 3. The first-order chi connectivity index (χ1) is 13.3. The Balaban J connectivity index is 1.66. The maximum absolute atomic E-state index is 4.44. The predicted molar refractivity (Wildman–Crippen MR) is 112 cm³/mol. The van der Waals surface area contributed by atoms with Crippen LogP contribution in [0.5, 0.6) is 0 Å². The SMILES string of the molecule is c1ccc2[nH]c(-c3cc4nsnc4cc3-c3cc4ccccc4[nH]3)cc2c1. The monoisotopic (exact) mass is 366 g/mol. The Hall–Kier alpha value is -3.44. The first-order valence-corrected chi connectivity index (χ1v) is 9.51. The van der Waals surface area contributed by atoms with E-state index in [2.05, 4.69) is 91.5 Å². The molecule has 0 saturated heterocycles. The van der Waals surface area contributed by atoms with Crippen LogP contribution in [0.3, 0.4) is 0 Å². The number of rotatable bonds is 2. The lowest BCUT2D eigenvalue weighted by Gasteiger charge is -2.07. The Kier molecular flexibility index (Phi) is 3.01. The van der Waals surface area contributed by atoms with E-state index in [9.17, 15) is 0 Å². The lowest BCUT2D eigenvalue weighted by Crippen LogP contribution is -1.87. The van der Waals surface area contributed by atoms with Gasteiger partial charge in [-0.25, -0.2) is 0 Å². The summed E-state index contributed by atoms with van der Waals surface area (Å²) < 4.78 is 8.89. The summed E-state index contributed by atoms with van der Waals surface area (Å²) in [5, 5.41) is 2.40. The second-order valence-electron chi connectivity index (χ2n) is 6.69. The van der Waals surface area contributed by atoms with Gasteiger partial charge in [-0.3, -0.25) is 0 Å². The van der Waals surface area contributed by atoms with Crippen molar-refractivity contribution in [2.24, 2.45) is 0 Å². The molecule has 3 heterocycles. The highest BCUT2D eigenvalue weighted by Crippen LogP contribution is 2.37. The van der Waals surface area contributed by atoms with Crippen LogP contribution in [0.4, 0.5) is 0 Å². The summed E-state index contributed by atoms with van der Waals surface area (Å²) in [6.07, 6.45) is 0. The van der Waals surface area contributed by atoms with E-state index in [0.717, 1.165) is 44.6 Å². The van der Waals surface area contributed by atoms with Crippen molar-refractivity contribution in [2.75, 3.05) is 0 Å². The van der Waals surface area contributed by atoms with Gasteiger partial charge < -0.3 is 9.97 Å². The molecule has 6 aromatic rings. The fourth-order valence-electron chi connectivity index (χ4n) is 3.71. The van der Waals surface area contributed by atoms with Crippen LogP contribution in [0.25, 0.3) is 55.4 Å². The molecule has 0 fully saturated rings. The van der Waals surface area contributed by atoms with Gasteiger partial charge in [0.2, 0.25) is 0 Å². The second kappa shape index (κ2) is 5.53. The van der Waals surface area contributed by atoms with Gasteiger partial charge in [0.25, 0.3) is 0 Å². The molecule has 128 valence electrons. The minimum Gasteiger partial charge on any atom is -0.355 e. The first-order valence-electron chi connectivity index (χ1n) is 8.78. The van der Waals surface area contributed by atoms with Crippen LogP contribution in [0.2, 0.25) is 0 Å². The molecule has 0 atom stereocenters. The lowest BCUT2D eigenvalue weighted by atomic mass is 10.0. The minimum atomic E-state index is 0.925. The molecule has 0 aliphatic carbocycles. The number of hydrogen-bond donors (Lipinski definition) is 2. The quantitative estimate of drug-likeness (QED) is 0.395. The molecule has 0 bridgehead atoms. The van der Waals surface area contributed by atoms with E-state index in [0.29, 0.717) is 0 Å². The highest BCUT2D eigenvalue weighted by atomic mass is 32.1. The summed E-state index contributed by atoms with van der Waals surface area (Å²) in [6.45, 7) is 0. The van der Waals surface area contributed by atoms with Gasteiger partial charge in [0.05, 0.1) is 11.7 Å². The van der Waals surface area contributed by atoms with Crippen molar-refractivity contribution in [3.05, 3.63) is 72.8 Å². The number of aromatic amines is 2. The normalized spacial score (nSPS) is 11.7. The van der Waals surface area contributed by atoms with Crippen LogP contribution in [0.1, 0.15) is 0 Å². The third kappa shape index (κ3) is 2.29. The molecule has 0 radical (unpaired) electrons. The Bertz CT molecular complexity index is 1260. The fraction of sp³-hybridized carbons (Fsp3) is 0. The topological polar surface area (TPSA) is 57.4 Å². The highest BCUT2D eigenvalue weighted by molar-refractivity contribution is 7.00. The average molecular weight is 366 g/mol. The molecule has 0 aliphatic rings. The van der Waals surface area contributed by atoms with Crippen molar-refractivity contribution in [2.45, 2.75) is 0 Å². The second-order valence-corrected chi connectivity index (χ2v) is 7.22. The highest BCUT2D eigenvalue weighted by Gasteiger charge is 2.15. The summed E-state index contributed by atoms with van der Waals surface area (Å²) in [5.41, 5.74) is 8.52. The summed E-state index contributed by atoms with van der Waals surface area (Å²) in [7, 11) is 0. The molecule has 5 heteroatoms. The van der Waals surface area contributed by atoms with Crippen molar-refractivity contribution >= 4 is 44.6 Å². The molecular weight excluding hydrogens is 352 g/mol. The zero-order valence-electron chi connectivity index (χ0n) is 14.2. The molecule has 0 spiro atoms. The summed E-state index contributed by atoms with van der Waals surface area (Å²) in [4.78, 5) is 7.11. The Labute approximate surface area is 158 Å². The van der Waals surface area contributed by atoms with Crippen molar-refractivity contribution < 1.29 is 0 Å². The third-order valence-corrected chi connectivity index (χ3v) is 5.59. The van der Waals surface area contributed by atoms with Crippen LogP contribution in [0.15, 0.2) is 72.8 Å². The van der Waals surface area contributed by atoms with Gasteiger partial charge in [0, 0.05) is 44.3 Å². The summed E-state index contributed by atoms with van der Waals surface area (Å²) >= 11 is 1.25. The molecule has 2 N–H and O–H groups in total. The molecule has 27 heavy (non-hydrogen) atoms. The van der Waals surface area contributed by atoms with E-state index in [1.807, 2.05) is 0 Å². The van der Waals surface area contributed by atoms with Crippen LogP contribution in [0, 0.1) is 0 Å². The largest absolute Gasteiger partial charge is 0.355 e. The number of H-pyrrole nitrogens is 2. The Morgan fingerprint density at radius 1 is 0.593 bits per heavy atom. The Morgan fingerprint density at radius 3 is 1.56 bits per heavy atom. The van der Waals surface area contributed by atoms with Gasteiger partial charge >= 0.3 is 0 Å². The number of para-hydroxylation sites is 2. The van der Waals surface area contributed by atoms with E-state index >= 15 is 0 Å². The average Bonchev–Trinajstić information content (AvgIpc) is 3.42. The Morgan fingerprint density at radius 2 is 1.07 bits per heavy atom. The molecule has 0 saturated carbocycles. The van der Waals surface area contributed by atoms with Crippen LogP contribution in [-0.2, 0) is 0 Å². The molecule has 0 aliphatic heterocycles. The van der Waals surface area contributed by atoms with Gasteiger partial charge in [-0.15, -0.1) is 0 Å². The standard InChI is InChI=1S/C22H14N4S/c1-3-7-17-13(5-1)9-19(23-17)15-11-21-22(26-27-25-21)12-16(15)20-10-14-6-2-4-8-18(14)24-20/h1-12,23-24H. The fourth-order valence-corrected chi connectivity index (χ4v) is 4.22. The molecular formula is C22H14N4S. The maximum atomic E-state index is 4.44. The lowest BCUT2D eigenvalue weighted by molar-refractivity contribution is 1.42. The van der Waals surface area contributed by atoms with Crippen molar-refractivity contribution in [3.8, 4) is 22.5 Å². The van der Waals surface area contributed by atoms with Crippen LogP contribution < -0.4 is 0 Å². The number of aromatic nitrogens is 4. The summed E-state index contributed by atoms with van der Waals surface area (Å²) in [6, 6.07) is 25.3. The zero-order valence-corrected chi connectivity index (χ0v) is 15.0. The molecule has 3 aromatic carbocycles. The van der Waals surface area contributed by atoms with Crippen molar-refractivity contribution in [1.82, 2.24) is 18.7 Å². The van der Waals surface area contributed by atoms with E-state index in [4.69, 9.17) is 0 Å². The smallest absolute Gasteiger partial charge is 0.105 e. The van der Waals surface area contributed by atoms with Crippen LogP contribution >= 0.6 is 11.7 Å². The molecule has 0 unspecified atom stereocenters. The van der Waals surface area contributed by atoms with Gasteiger partial charge in [0.1, 0.15) is 11.0 Å². The van der Waals surface area contributed by atoms with E-state index in [1.165, 1.54) is 22.5 Å². The van der Waals surface area contributed by atoms with E-state index in [-0.39, 0.29) is 0 Å². The van der Waals surface area contributed by atoms with Gasteiger partial charge in [-0.05, 0) is 36.4 Å². The van der Waals surface area contributed by atoms with Crippen molar-refractivity contribution in [1.29, 1.82) is 0 Å². The molecule has 4 nitrogen and oxygen atoms in total. The molecule has 3 aromatic heterocycles. The number of benzene rings is 3. The molecule has 6 rings (SSSR count). The summed E-state index contributed by atoms with van der Waals surface area (Å²) in [5.74, 6) is 0. The van der Waals surface area contributed by atoms with Crippen LogP contribution in [-0.4, -0.2) is 18.7 Å². The molecule has 0 amide bonds. The van der Waals surface area contributed by atoms with Gasteiger partial charge in [-0.1, -0.05) is 36.4 Å². The number of hydrogen-bond acceptors (Lipinski definition) is 3. The number of nitrogens with one attached hydrogen (secondary N) is 2. The van der Waals surface area contributed by atoms with E-state index < -0.39 is 0 Å². The maximum Gasteiger partial charge on any atom is 0.105 e. The van der Waals surface area contributed by atoms with E-state index in [1.54, 1.807) is 0 Å².